The molecule has 0 saturated carbocycles. The molecule has 1 aromatic carbocycles. The van der Waals surface area contributed by atoms with Crippen LogP contribution in [0.3, 0.4) is 0 Å². The number of benzene rings is 1. The molecule has 0 atom stereocenters. The number of hydrogen-bond acceptors (Lipinski definition) is 5. The van der Waals surface area contributed by atoms with Gasteiger partial charge < -0.3 is 0 Å². The van der Waals surface area contributed by atoms with E-state index >= 15 is 0 Å². The second-order valence-corrected chi connectivity index (χ2v) is 4.81. The van der Waals surface area contributed by atoms with Crippen LogP contribution in [0.2, 0.25) is 5.15 Å². The third kappa shape index (κ3) is 3.73. The van der Waals surface area contributed by atoms with Gasteiger partial charge >= 0.3 is 0 Å². The van der Waals surface area contributed by atoms with Gasteiger partial charge in [0.1, 0.15) is 5.15 Å². The van der Waals surface area contributed by atoms with Crippen molar-refractivity contribution in [1.82, 2.24) is 9.97 Å². The van der Waals surface area contributed by atoms with Crippen molar-refractivity contribution in [3.8, 4) is 0 Å². The fourth-order valence-corrected chi connectivity index (χ4v) is 2.00. The summed E-state index contributed by atoms with van der Waals surface area (Å²) < 4.78 is 0. The molecule has 0 aliphatic heterocycles. The molecule has 108 valence electrons. The normalized spacial score (nSPS) is 10.2. The molecule has 1 aromatic heterocycles. The lowest BCUT2D eigenvalue weighted by molar-refractivity contribution is -0.384. The van der Waals surface area contributed by atoms with Crippen LogP contribution in [-0.4, -0.2) is 20.8 Å². The van der Waals surface area contributed by atoms with Gasteiger partial charge in [-0.2, -0.15) is 0 Å². The standard InChI is InChI=1S/C13H11ClN4O3/c1-7-3-9(6-10(4-7)18(20)21)12(19)17-13-15-8(2)5-11(14)16-13/h3-6H,1-2H3,(H,15,16,17,19). The molecule has 1 amide bonds. The summed E-state index contributed by atoms with van der Waals surface area (Å²) in [5.74, 6) is -0.488. The van der Waals surface area contributed by atoms with Crippen molar-refractivity contribution < 1.29 is 9.72 Å². The van der Waals surface area contributed by atoms with Crippen molar-refractivity contribution >= 4 is 29.1 Å². The lowest BCUT2D eigenvalue weighted by atomic mass is 10.1. The first-order valence-electron chi connectivity index (χ1n) is 5.94. The molecule has 0 fully saturated rings. The summed E-state index contributed by atoms with van der Waals surface area (Å²) >= 11 is 5.78. The number of aryl methyl sites for hydroxylation is 2. The van der Waals surface area contributed by atoms with E-state index in [9.17, 15) is 14.9 Å². The Morgan fingerprint density at radius 1 is 1.24 bits per heavy atom. The Morgan fingerprint density at radius 2 is 1.95 bits per heavy atom. The number of anilines is 1. The number of carbonyl (C=O) groups is 1. The first-order valence-corrected chi connectivity index (χ1v) is 6.31. The fourth-order valence-electron chi connectivity index (χ4n) is 1.76. The maximum absolute atomic E-state index is 12.1. The molecule has 1 N–H and O–H groups in total. The van der Waals surface area contributed by atoms with Crippen LogP contribution in [0.4, 0.5) is 11.6 Å². The Balaban J connectivity index is 2.30. The van der Waals surface area contributed by atoms with Gasteiger partial charge in [-0.15, -0.1) is 0 Å². The predicted molar refractivity (Wildman–Crippen MR) is 77.6 cm³/mol. The van der Waals surface area contributed by atoms with Crippen LogP contribution in [0, 0.1) is 24.0 Å². The Kier molecular flexibility index (Phi) is 4.13. The second-order valence-electron chi connectivity index (χ2n) is 4.42. The maximum atomic E-state index is 12.1. The number of amides is 1. The van der Waals surface area contributed by atoms with Gasteiger partial charge in [0.05, 0.1) is 4.92 Å². The van der Waals surface area contributed by atoms with Crippen LogP contribution < -0.4 is 5.32 Å². The second kappa shape index (κ2) is 5.84. The molecular formula is C13H11ClN4O3. The van der Waals surface area contributed by atoms with Crippen LogP contribution in [0.25, 0.3) is 0 Å². The predicted octanol–water partition coefficient (Wildman–Crippen LogP) is 2.91. The minimum absolute atomic E-state index is 0.0501. The number of nitro benzene ring substituents is 1. The minimum Gasteiger partial charge on any atom is -0.290 e. The quantitative estimate of drug-likeness (QED) is 0.534. The first-order chi connectivity index (χ1) is 9.85. The number of carbonyl (C=O) groups excluding carboxylic acids is 1. The van der Waals surface area contributed by atoms with Gasteiger partial charge in [0.15, 0.2) is 0 Å². The van der Waals surface area contributed by atoms with Crippen LogP contribution in [0.1, 0.15) is 21.6 Å². The zero-order chi connectivity index (χ0) is 15.6. The highest BCUT2D eigenvalue weighted by Crippen LogP contribution is 2.18. The molecule has 8 heteroatoms. The average Bonchev–Trinajstić information content (AvgIpc) is 2.36. The van der Waals surface area contributed by atoms with Crippen LogP contribution in [0.5, 0.6) is 0 Å². The molecule has 0 unspecified atom stereocenters. The fraction of sp³-hybridized carbons (Fsp3) is 0.154. The van der Waals surface area contributed by atoms with E-state index in [1.807, 2.05) is 0 Å². The summed E-state index contributed by atoms with van der Waals surface area (Å²) in [6.07, 6.45) is 0. The number of rotatable bonds is 3. The molecule has 2 aromatic rings. The van der Waals surface area contributed by atoms with Gasteiger partial charge in [-0.3, -0.25) is 20.2 Å². The highest BCUT2D eigenvalue weighted by molar-refractivity contribution is 6.29. The molecular weight excluding hydrogens is 296 g/mol. The van der Waals surface area contributed by atoms with Crippen molar-refractivity contribution in [3.05, 3.63) is 56.4 Å². The van der Waals surface area contributed by atoms with E-state index in [2.05, 4.69) is 15.3 Å². The van der Waals surface area contributed by atoms with Crippen molar-refractivity contribution in [2.75, 3.05) is 5.32 Å². The molecule has 0 radical (unpaired) electrons. The van der Waals surface area contributed by atoms with E-state index < -0.39 is 10.8 Å². The van der Waals surface area contributed by atoms with E-state index in [0.29, 0.717) is 11.3 Å². The Bertz CT molecular complexity index is 713. The van der Waals surface area contributed by atoms with Crippen molar-refractivity contribution in [2.45, 2.75) is 13.8 Å². The molecule has 0 aliphatic rings. The van der Waals surface area contributed by atoms with Gasteiger partial charge in [-0.05, 0) is 31.5 Å². The van der Waals surface area contributed by atoms with Gasteiger partial charge in [0, 0.05) is 23.4 Å². The number of non-ortho nitro benzene ring substituents is 1. The van der Waals surface area contributed by atoms with E-state index in [-0.39, 0.29) is 22.4 Å². The van der Waals surface area contributed by atoms with E-state index in [1.54, 1.807) is 26.0 Å². The third-order valence-corrected chi connectivity index (χ3v) is 2.78. The summed E-state index contributed by atoms with van der Waals surface area (Å²) in [4.78, 5) is 30.2. The molecule has 0 bridgehead atoms. The molecule has 0 spiro atoms. The van der Waals surface area contributed by atoms with Crippen molar-refractivity contribution in [3.63, 3.8) is 0 Å². The highest BCUT2D eigenvalue weighted by Gasteiger charge is 2.14. The molecule has 21 heavy (non-hydrogen) atoms. The van der Waals surface area contributed by atoms with Crippen LogP contribution in [-0.2, 0) is 0 Å². The number of nitro groups is 1. The number of nitrogens with one attached hydrogen (secondary N) is 1. The highest BCUT2D eigenvalue weighted by atomic mass is 35.5. The Labute approximate surface area is 125 Å². The molecule has 1 heterocycles. The SMILES string of the molecule is Cc1cc(C(=O)Nc2nc(C)cc(Cl)n2)cc([N+](=O)[O-])c1. The number of aromatic nitrogens is 2. The van der Waals surface area contributed by atoms with Crippen molar-refractivity contribution in [1.29, 1.82) is 0 Å². The topological polar surface area (TPSA) is 98.0 Å². The molecule has 0 saturated heterocycles. The molecule has 7 nitrogen and oxygen atoms in total. The first kappa shape index (κ1) is 14.9. The Morgan fingerprint density at radius 3 is 2.57 bits per heavy atom. The zero-order valence-corrected chi connectivity index (χ0v) is 12.0. The number of halogens is 1. The summed E-state index contributed by atoms with van der Waals surface area (Å²) in [5, 5.41) is 13.5. The van der Waals surface area contributed by atoms with E-state index in [0.717, 1.165) is 0 Å². The minimum atomic E-state index is -0.552. The third-order valence-electron chi connectivity index (χ3n) is 2.58. The lowest BCUT2D eigenvalue weighted by Crippen LogP contribution is -2.15. The monoisotopic (exact) mass is 306 g/mol. The van der Waals surface area contributed by atoms with Crippen LogP contribution in [0.15, 0.2) is 24.3 Å². The zero-order valence-electron chi connectivity index (χ0n) is 11.3. The summed E-state index contributed by atoms with van der Waals surface area (Å²) in [6.45, 7) is 3.38. The summed E-state index contributed by atoms with van der Waals surface area (Å²) in [7, 11) is 0. The summed E-state index contributed by atoms with van der Waals surface area (Å²) in [6, 6.07) is 5.67. The van der Waals surface area contributed by atoms with E-state index in [1.165, 1.54) is 12.1 Å². The Hall–Kier alpha value is -2.54. The molecule has 2 rings (SSSR count). The van der Waals surface area contributed by atoms with E-state index in [4.69, 9.17) is 11.6 Å². The largest absolute Gasteiger partial charge is 0.290 e. The van der Waals surface area contributed by atoms with Crippen molar-refractivity contribution in [2.24, 2.45) is 0 Å². The number of nitrogens with zero attached hydrogens (tertiary/aromatic N) is 3. The van der Waals surface area contributed by atoms with Gasteiger partial charge in [-0.25, -0.2) is 9.97 Å². The average molecular weight is 307 g/mol. The maximum Gasteiger partial charge on any atom is 0.270 e. The summed E-state index contributed by atoms with van der Waals surface area (Å²) in [5.41, 5.74) is 1.21. The van der Waals surface area contributed by atoms with Gasteiger partial charge in [0.25, 0.3) is 11.6 Å². The lowest BCUT2D eigenvalue weighted by Gasteiger charge is -2.06. The number of hydrogen-bond donors (Lipinski definition) is 1. The smallest absolute Gasteiger partial charge is 0.270 e. The van der Waals surface area contributed by atoms with Gasteiger partial charge in [-0.1, -0.05) is 11.6 Å². The molecule has 0 aliphatic carbocycles. The van der Waals surface area contributed by atoms with Crippen LogP contribution >= 0.6 is 11.6 Å². The van der Waals surface area contributed by atoms with Gasteiger partial charge in [0.2, 0.25) is 5.95 Å².